The molecule has 0 N–H and O–H groups in total. The van der Waals surface area contributed by atoms with Crippen LogP contribution in [0, 0.1) is 6.92 Å². The van der Waals surface area contributed by atoms with Crippen molar-refractivity contribution in [2.75, 3.05) is 44.9 Å². The van der Waals surface area contributed by atoms with E-state index in [1.54, 1.807) is 11.3 Å². The summed E-state index contributed by atoms with van der Waals surface area (Å²) in [5, 5.41) is 3.03. The minimum Gasteiger partial charge on any atom is -0.462 e. The average Bonchev–Trinajstić information content (AvgIpc) is 3.42. The largest absolute Gasteiger partial charge is 0.462 e. The van der Waals surface area contributed by atoms with Crippen LogP contribution in [0.2, 0.25) is 0 Å². The molecule has 0 unspecified atom stereocenters. The van der Waals surface area contributed by atoms with E-state index in [1.165, 1.54) is 16.2 Å². The number of fused-ring (bicyclic) bond motifs is 1. The Hall–Kier alpha value is -2.07. The number of hydrogen-bond acceptors (Lipinski definition) is 9. The highest BCUT2D eigenvalue weighted by Crippen LogP contribution is 2.38. The minimum absolute atomic E-state index is 0.152. The summed E-state index contributed by atoms with van der Waals surface area (Å²) in [5.74, 6) is 1.34. The van der Waals surface area contributed by atoms with E-state index < -0.39 is 0 Å². The molecule has 1 atom stereocenters. The smallest absolute Gasteiger partial charge is 0.348 e. The number of carbonyl (C=O) groups excluding carboxylic acids is 1. The van der Waals surface area contributed by atoms with E-state index in [1.807, 2.05) is 13.8 Å². The molecule has 4 rings (SSSR count). The summed E-state index contributed by atoms with van der Waals surface area (Å²) in [4.78, 5) is 29.6. The predicted octanol–water partition coefficient (Wildman–Crippen LogP) is 4.27. The Balaban J connectivity index is 1.78. The van der Waals surface area contributed by atoms with Crippen molar-refractivity contribution in [1.82, 2.24) is 14.9 Å². The molecule has 0 radical (unpaired) electrons. The van der Waals surface area contributed by atoms with Gasteiger partial charge in [-0.1, -0.05) is 6.07 Å². The van der Waals surface area contributed by atoms with Gasteiger partial charge >= 0.3 is 5.97 Å². The zero-order chi connectivity index (χ0) is 22.0. The first kappa shape index (κ1) is 22.1. The summed E-state index contributed by atoms with van der Waals surface area (Å²) in [6.07, 6.45) is 0. The van der Waals surface area contributed by atoms with Gasteiger partial charge in [-0.15, -0.1) is 22.7 Å². The van der Waals surface area contributed by atoms with Crippen molar-refractivity contribution < 1.29 is 14.3 Å². The standard InChI is InChI=1S/C22H28N4O3S2/c1-5-29-22(27)19-14(2)18-20(25(4)15(3)16-7-6-12-30-16)23-17(24-21(18)31-19)13-26-8-10-28-11-9-26/h6-7,12,15H,5,8-11,13H2,1-4H3/t15-/m1/s1. The monoisotopic (exact) mass is 460 g/mol. The lowest BCUT2D eigenvalue weighted by Crippen LogP contribution is -2.36. The first-order valence-corrected chi connectivity index (χ1v) is 12.2. The van der Waals surface area contributed by atoms with E-state index >= 15 is 0 Å². The van der Waals surface area contributed by atoms with Gasteiger partial charge in [0, 0.05) is 25.0 Å². The number of hydrogen-bond donors (Lipinski definition) is 0. The highest BCUT2D eigenvalue weighted by molar-refractivity contribution is 7.20. The van der Waals surface area contributed by atoms with Crippen molar-refractivity contribution in [2.24, 2.45) is 0 Å². The number of rotatable bonds is 7. The third-order valence-corrected chi connectivity index (χ3v) is 7.83. The topological polar surface area (TPSA) is 67.8 Å². The zero-order valence-corrected chi connectivity index (χ0v) is 20.0. The lowest BCUT2D eigenvalue weighted by molar-refractivity contribution is 0.0331. The molecule has 1 aliphatic rings. The molecule has 0 saturated carbocycles. The lowest BCUT2D eigenvalue weighted by atomic mass is 10.1. The number of aryl methyl sites for hydroxylation is 1. The Bertz CT molecular complexity index is 1040. The summed E-state index contributed by atoms with van der Waals surface area (Å²) in [7, 11) is 2.06. The van der Waals surface area contributed by atoms with Gasteiger partial charge in [-0.3, -0.25) is 4.90 Å². The van der Waals surface area contributed by atoms with Gasteiger partial charge in [0.2, 0.25) is 0 Å². The maximum Gasteiger partial charge on any atom is 0.348 e. The Kier molecular flexibility index (Phi) is 6.86. The van der Waals surface area contributed by atoms with Crippen molar-refractivity contribution in [3.63, 3.8) is 0 Å². The molecule has 3 aromatic heterocycles. The molecule has 4 heterocycles. The summed E-state index contributed by atoms with van der Waals surface area (Å²) < 4.78 is 10.8. The molecule has 1 fully saturated rings. The molecule has 3 aromatic rings. The molecule has 0 aromatic carbocycles. The quantitative estimate of drug-likeness (QED) is 0.488. The SMILES string of the molecule is CCOC(=O)c1sc2nc(CN3CCOCC3)nc(N(C)[C@H](C)c3cccs3)c2c1C. The van der Waals surface area contributed by atoms with E-state index in [9.17, 15) is 4.79 Å². The molecule has 0 bridgehead atoms. The lowest BCUT2D eigenvalue weighted by Gasteiger charge is -2.28. The number of anilines is 1. The van der Waals surface area contributed by atoms with Crippen LogP contribution in [0.4, 0.5) is 5.82 Å². The average molecular weight is 461 g/mol. The molecule has 0 spiro atoms. The second-order valence-electron chi connectivity index (χ2n) is 7.61. The van der Waals surface area contributed by atoms with E-state index in [0.717, 1.165) is 53.7 Å². The van der Waals surface area contributed by atoms with Gasteiger partial charge in [0.05, 0.1) is 37.8 Å². The van der Waals surface area contributed by atoms with Crippen molar-refractivity contribution in [3.8, 4) is 0 Å². The second kappa shape index (κ2) is 9.60. The van der Waals surface area contributed by atoms with Gasteiger partial charge in [0.1, 0.15) is 21.3 Å². The molecular weight excluding hydrogens is 432 g/mol. The van der Waals surface area contributed by atoms with Gasteiger partial charge in [-0.2, -0.15) is 0 Å². The summed E-state index contributed by atoms with van der Waals surface area (Å²) >= 11 is 3.13. The summed E-state index contributed by atoms with van der Waals surface area (Å²) in [5.41, 5.74) is 0.886. The molecule has 1 saturated heterocycles. The Morgan fingerprint density at radius 1 is 1.35 bits per heavy atom. The first-order valence-electron chi connectivity index (χ1n) is 10.5. The van der Waals surface area contributed by atoms with Crippen LogP contribution < -0.4 is 4.90 Å². The highest BCUT2D eigenvalue weighted by atomic mass is 32.1. The first-order chi connectivity index (χ1) is 15.0. The maximum absolute atomic E-state index is 12.5. The zero-order valence-electron chi connectivity index (χ0n) is 18.4. The number of carbonyl (C=O) groups is 1. The number of morpholine rings is 1. The molecule has 1 aliphatic heterocycles. The van der Waals surface area contributed by atoms with Crippen LogP contribution in [0.25, 0.3) is 10.2 Å². The van der Waals surface area contributed by atoms with E-state index in [2.05, 4.69) is 41.3 Å². The number of thiophene rings is 2. The number of esters is 1. The van der Waals surface area contributed by atoms with E-state index in [0.29, 0.717) is 18.0 Å². The summed E-state index contributed by atoms with van der Waals surface area (Å²) in [6, 6.07) is 4.36. The van der Waals surface area contributed by atoms with Crippen LogP contribution in [-0.4, -0.2) is 60.8 Å². The molecule has 0 aliphatic carbocycles. The third kappa shape index (κ3) is 4.59. The number of nitrogens with zero attached hydrogens (tertiary/aromatic N) is 4. The summed E-state index contributed by atoms with van der Waals surface area (Å²) in [6.45, 7) is 10.2. The number of ether oxygens (including phenoxy) is 2. The van der Waals surface area contributed by atoms with Gasteiger partial charge in [-0.05, 0) is 37.8 Å². The number of aromatic nitrogens is 2. The molecule has 9 heteroatoms. The van der Waals surface area contributed by atoms with Crippen LogP contribution in [0.15, 0.2) is 17.5 Å². The minimum atomic E-state index is -0.294. The Labute approximate surface area is 190 Å². The Morgan fingerprint density at radius 3 is 2.81 bits per heavy atom. The van der Waals surface area contributed by atoms with Crippen molar-refractivity contribution >= 4 is 44.7 Å². The van der Waals surface area contributed by atoms with Crippen LogP contribution in [-0.2, 0) is 16.0 Å². The van der Waals surface area contributed by atoms with Crippen LogP contribution >= 0.6 is 22.7 Å². The fraction of sp³-hybridized carbons (Fsp3) is 0.500. The van der Waals surface area contributed by atoms with Crippen molar-refractivity contribution in [1.29, 1.82) is 0 Å². The fourth-order valence-electron chi connectivity index (χ4n) is 3.74. The van der Waals surface area contributed by atoms with Crippen molar-refractivity contribution in [3.05, 3.63) is 38.7 Å². The molecule has 31 heavy (non-hydrogen) atoms. The van der Waals surface area contributed by atoms with Gasteiger partial charge in [-0.25, -0.2) is 14.8 Å². The molecular formula is C22H28N4O3S2. The second-order valence-corrected chi connectivity index (χ2v) is 9.59. The molecule has 166 valence electrons. The van der Waals surface area contributed by atoms with E-state index in [4.69, 9.17) is 19.4 Å². The normalized spacial score (nSPS) is 15.9. The molecule has 7 nitrogen and oxygen atoms in total. The van der Waals surface area contributed by atoms with Gasteiger partial charge in [0.25, 0.3) is 0 Å². The third-order valence-electron chi connectivity index (χ3n) is 5.62. The van der Waals surface area contributed by atoms with E-state index in [-0.39, 0.29) is 12.0 Å². The van der Waals surface area contributed by atoms with Crippen molar-refractivity contribution in [2.45, 2.75) is 33.4 Å². The van der Waals surface area contributed by atoms with Crippen LogP contribution in [0.1, 0.15) is 45.8 Å². The van der Waals surface area contributed by atoms with Gasteiger partial charge < -0.3 is 14.4 Å². The Morgan fingerprint density at radius 2 is 2.13 bits per heavy atom. The predicted molar refractivity (Wildman–Crippen MR) is 125 cm³/mol. The maximum atomic E-state index is 12.5. The molecule has 0 amide bonds. The highest BCUT2D eigenvalue weighted by Gasteiger charge is 2.26. The van der Waals surface area contributed by atoms with Crippen LogP contribution in [0.5, 0.6) is 0 Å². The van der Waals surface area contributed by atoms with Gasteiger partial charge in [0.15, 0.2) is 0 Å². The van der Waals surface area contributed by atoms with Crippen LogP contribution in [0.3, 0.4) is 0 Å². The fourth-order valence-corrected chi connectivity index (χ4v) is 5.66.